The molecule has 0 amide bonds. The van der Waals surface area contributed by atoms with E-state index in [1.54, 1.807) is 6.26 Å². The molecule has 0 aliphatic rings. The molecular weight excluding hydrogens is 348 g/mol. The second-order valence-electron chi connectivity index (χ2n) is 5.34. The second kappa shape index (κ2) is 6.14. The van der Waals surface area contributed by atoms with Crippen molar-refractivity contribution in [3.63, 3.8) is 0 Å². The third kappa shape index (κ3) is 2.70. The van der Waals surface area contributed by atoms with Crippen molar-refractivity contribution in [2.45, 2.75) is 5.75 Å². The predicted molar refractivity (Wildman–Crippen MR) is 93.5 cm³/mol. The highest BCUT2D eigenvalue weighted by molar-refractivity contribution is 7.97. The summed E-state index contributed by atoms with van der Waals surface area (Å²) in [4.78, 5) is 12.5. The van der Waals surface area contributed by atoms with E-state index >= 15 is 0 Å². The van der Waals surface area contributed by atoms with Gasteiger partial charge in [0.25, 0.3) is 0 Å². The molecule has 1 heterocycles. The van der Waals surface area contributed by atoms with Crippen molar-refractivity contribution in [1.82, 2.24) is 0 Å². The van der Waals surface area contributed by atoms with Crippen LogP contribution in [0.5, 0.6) is 28.7 Å². The molecule has 0 unspecified atom stereocenters. The van der Waals surface area contributed by atoms with Gasteiger partial charge in [-0.05, 0) is 24.5 Å². The zero-order chi connectivity index (χ0) is 18.3. The molecule has 0 aliphatic carbocycles. The van der Waals surface area contributed by atoms with Crippen LogP contribution < -0.4 is 5.43 Å². The van der Waals surface area contributed by atoms with E-state index in [1.807, 2.05) is 0 Å². The maximum absolute atomic E-state index is 12.5. The zero-order valence-electron chi connectivity index (χ0n) is 13.0. The summed E-state index contributed by atoms with van der Waals surface area (Å²) in [5, 5.41) is 49.0. The molecule has 0 atom stereocenters. The first kappa shape index (κ1) is 16.8. The van der Waals surface area contributed by atoms with E-state index in [1.165, 1.54) is 23.9 Å². The molecule has 3 rings (SSSR count). The van der Waals surface area contributed by atoms with Crippen LogP contribution in [0.2, 0.25) is 0 Å². The van der Waals surface area contributed by atoms with Gasteiger partial charge in [-0.3, -0.25) is 4.79 Å². The first-order valence-corrected chi connectivity index (χ1v) is 8.49. The van der Waals surface area contributed by atoms with Gasteiger partial charge in [0, 0.05) is 22.9 Å². The SMILES string of the molecule is CSCc1c(O)cc(O)c2c(=O)c(O)c(-c3ccc(O)c(O)c3)oc12. The Labute approximate surface area is 145 Å². The van der Waals surface area contributed by atoms with Crippen molar-refractivity contribution >= 4 is 22.7 Å². The molecule has 3 aromatic rings. The van der Waals surface area contributed by atoms with Crippen LogP contribution in [0.4, 0.5) is 0 Å². The highest BCUT2D eigenvalue weighted by Gasteiger charge is 2.22. The van der Waals surface area contributed by atoms with Crippen molar-refractivity contribution < 1.29 is 29.9 Å². The molecule has 0 radical (unpaired) electrons. The molecule has 25 heavy (non-hydrogen) atoms. The first-order chi connectivity index (χ1) is 11.8. The lowest BCUT2D eigenvalue weighted by Gasteiger charge is -2.12. The Morgan fingerprint density at radius 1 is 0.960 bits per heavy atom. The Kier molecular flexibility index (Phi) is 4.13. The summed E-state index contributed by atoms with van der Waals surface area (Å²) in [6, 6.07) is 4.67. The van der Waals surface area contributed by atoms with E-state index in [0.717, 1.165) is 12.1 Å². The summed E-state index contributed by atoms with van der Waals surface area (Å²) in [7, 11) is 0. The number of thioether (sulfide) groups is 1. The summed E-state index contributed by atoms with van der Waals surface area (Å²) < 4.78 is 5.62. The highest BCUT2D eigenvalue weighted by Crippen LogP contribution is 2.40. The summed E-state index contributed by atoms with van der Waals surface area (Å²) in [5.41, 5.74) is -0.493. The molecule has 0 saturated carbocycles. The molecular formula is C17H14O7S. The Hall–Kier alpha value is -3.00. The minimum absolute atomic E-state index is 0.0581. The molecule has 1 aromatic heterocycles. The molecule has 0 aliphatic heterocycles. The van der Waals surface area contributed by atoms with Crippen LogP contribution in [-0.4, -0.2) is 31.8 Å². The minimum Gasteiger partial charge on any atom is -0.507 e. The quantitative estimate of drug-likeness (QED) is 0.450. The van der Waals surface area contributed by atoms with Gasteiger partial charge in [0.2, 0.25) is 11.2 Å². The van der Waals surface area contributed by atoms with Crippen LogP contribution in [0.25, 0.3) is 22.3 Å². The lowest BCUT2D eigenvalue weighted by atomic mass is 10.1. The minimum atomic E-state index is -0.872. The fourth-order valence-corrected chi connectivity index (χ4v) is 3.09. The molecule has 8 heteroatoms. The zero-order valence-corrected chi connectivity index (χ0v) is 13.8. The topological polar surface area (TPSA) is 131 Å². The van der Waals surface area contributed by atoms with Crippen molar-refractivity contribution in [3.05, 3.63) is 40.1 Å². The molecule has 130 valence electrons. The van der Waals surface area contributed by atoms with E-state index in [9.17, 15) is 30.3 Å². The lowest BCUT2D eigenvalue weighted by molar-refractivity contribution is 0.403. The largest absolute Gasteiger partial charge is 0.507 e. The molecule has 0 spiro atoms. The van der Waals surface area contributed by atoms with Gasteiger partial charge in [-0.2, -0.15) is 11.8 Å². The average Bonchev–Trinajstić information content (AvgIpc) is 2.56. The van der Waals surface area contributed by atoms with E-state index in [-0.39, 0.29) is 33.8 Å². The smallest absolute Gasteiger partial charge is 0.238 e. The fourth-order valence-electron chi connectivity index (χ4n) is 2.52. The second-order valence-corrected chi connectivity index (χ2v) is 6.21. The van der Waals surface area contributed by atoms with E-state index in [4.69, 9.17) is 4.42 Å². The van der Waals surface area contributed by atoms with Crippen LogP contribution in [0.1, 0.15) is 5.56 Å². The maximum Gasteiger partial charge on any atom is 0.238 e. The fraction of sp³-hybridized carbons (Fsp3) is 0.118. The van der Waals surface area contributed by atoms with Crippen molar-refractivity contribution in [2.24, 2.45) is 0 Å². The lowest BCUT2D eigenvalue weighted by Crippen LogP contribution is -2.04. The molecule has 5 N–H and O–H groups in total. The Morgan fingerprint density at radius 3 is 2.32 bits per heavy atom. The van der Waals surface area contributed by atoms with Crippen molar-refractivity contribution in [2.75, 3.05) is 6.26 Å². The number of phenolic OH excluding ortho intramolecular Hbond substituents is 4. The van der Waals surface area contributed by atoms with Gasteiger partial charge in [-0.15, -0.1) is 0 Å². The molecule has 2 aromatic carbocycles. The number of hydrogen-bond donors (Lipinski definition) is 5. The van der Waals surface area contributed by atoms with Gasteiger partial charge in [0.15, 0.2) is 17.3 Å². The summed E-state index contributed by atoms with van der Waals surface area (Å²) in [5.74, 6) is -2.29. The van der Waals surface area contributed by atoms with E-state index < -0.39 is 22.7 Å². The van der Waals surface area contributed by atoms with E-state index in [0.29, 0.717) is 11.3 Å². The molecule has 0 bridgehead atoms. The summed E-state index contributed by atoms with van der Waals surface area (Å²) in [6.07, 6.45) is 1.79. The van der Waals surface area contributed by atoms with Crippen molar-refractivity contribution in [3.8, 4) is 40.1 Å². The first-order valence-electron chi connectivity index (χ1n) is 7.10. The average molecular weight is 362 g/mol. The number of hydrogen-bond acceptors (Lipinski definition) is 8. The Balaban J connectivity index is 2.42. The Morgan fingerprint density at radius 2 is 1.68 bits per heavy atom. The summed E-state index contributed by atoms with van der Waals surface area (Å²) in [6.45, 7) is 0. The van der Waals surface area contributed by atoms with Gasteiger partial charge in [-0.25, -0.2) is 0 Å². The standard InChI is InChI=1S/C17H14O7S/c1-25-6-8-10(19)5-12(21)13-14(22)15(23)16(24-17(8)13)7-2-3-9(18)11(20)4-7/h2-5,18-21,23H,6H2,1H3. The monoisotopic (exact) mass is 362 g/mol. The number of phenols is 4. The van der Waals surface area contributed by atoms with Crippen LogP contribution in [0.15, 0.2) is 33.5 Å². The van der Waals surface area contributed by atoms with Crippen LogP contribution in [0.3, 0.4) is 0 Å². The van der Waals surface area contributed by atoms with Crippen LogP contribution in [-0.2, 0) is 5.75 Å². The summed E-state index contributed by atoms with van der Waals surface area (Å²) >= 11 is 1.37. The molecule has 7 nitrogen and oxygen atoms in total. The maximum atomic E-state index is 12.5. The number of benzene rings is 2. The van der Waals surface area contributed by atoms with Crippen molar-refractivity contribution in [1.29, 1.82) is 0 Å². The number of fused-ring (bicyclic) bond motifs is 1. The van der Waals surface area contributed by atoms with Gasteiger partial charge < -0.3 is 29.9 Å². The third-order valence-electron chi connectivity index (χ3n) is 3.73. The van der Waals surface area contributed by atoms with Gasteiger partial charge in [0.05, 0.1) is 0 Å². The van der Waals surface area contributed by atoms with Crippen LogP contribution in [0, 0.1) is 0 Å². The molecule has 0 saturated heterocycles. The third-order valence-corrected chi connectivity index (χ3v) is 4.30. The highest BCUT2D eigenvalue weighted by atomic mass is 32.2. The van der Waals surface area contributed by atoms with Crippen LogP contribution >= 0.6 is 11.8 Å². The number of rotatable bonds is 3. The van der Waals surface area contributed by atoms with Gasteiger partial charge >= 0.3 is 0 Å². The van der Waals surface area contributed by atoms with Gasteiger partial charge in [-0.1, -0.05) is 0 Å². The van der Waals surface area contributed by atoms with Gasteiger partial charge in [0.1, 0.15) is 22.5 Å². The Bertz CT molecular complexity index is 1040. The molecule has 0 fully saturated rings. The normalized spacial score (nSPS) is 11.1. The predicted octanol–water partition coefficient (Wildman–Crippen LogP) is 2.85. The van der Waals surface area contributed by atoms with E-state index in [2.05, 4.69) is 0 Å². The number of aromatic hydroxyl groups is 5.